The Morgan fingerprint density at radius 2 is 2.13 bits per heavy atom. The number of hydrogen-bond donors (Lipinski definition) is 0. The molecule has 0 aromatic carbocycles. The summed E-state index contributed by atoms with van der Waals surface area (Å²) in [7, 11) is 0. The van der Waals surface area contributed by atoms with Gasteiger partial charge in [0, 0.05) is 6.20 Å². The number of rotatable bonds is 1. The molecule has 0 aliphatic rings. The minimum Gasteiger partial charge on any atom is -0.401 e. The predicted octanol–water partition coefficient (Wildman–Crippen LogP) is 3.22. The van der Waals surface area contributed by atoms with Crippen LogP contribution in [0.4, 0.5) is 13.2 Å². The first-order valence-electron chi connectivity index (χ1n) is 3.35. The van der Waals surface area contributed by atoms with Crippen molar-refractivity contribution < 1.29 is 17.9 Å². The Hall–Kier alpha value is -0.560. The molecule has 1 aromatic heterocycles. The van der Waals surface area contributed by atoms with Crippen molar-refractivity contribution in [3.8, 4) is 11.8 Å². The summed E-state index contributed by atoms with van der Waals surface area (Å²) in [4.78, 5) is 3.64. The molecule has 0 aliphatic carbocycles. The molecule has 1 heterocycles. The highest BCUT2D eigenvalue weighted by Gasteiger charge is 2.34. The molecular formula is C7HBrF3IN2O. The van der Waals surface area contributed by atoms with Crippen LogP contribution in [0.2, 0.25) is 0 Å². The summed E-state index contributed by atoms with van der Waals surface area (Å²) < 4.78 is 39.8. The monoisotopic (exact) mass is 392 g/mol. The summed E-state index contributed by atoms with van der Waals surface area (Å²) in [5.41, 5.74) is -0.230. The van der Waals surface area contributed by atoms with Crippen molar-refractivity contribution in [1.82, 2.24) is 4.98 Å². The number of nitriles is 1. The zero-order chi connectivity index (χ0) is 11.6. The quantitative estimate of drug-likeness (QED) is 0.544. The number of ether oxygens (including phenoxy) is 1. The Kier molecular flexibility index (Phi) is 3.77. The third-order valence-electron chi connectivity index (χ3n) is 1.27. The van der Waals surface area contributed by atoms with E-state index in [9.17, 15) is 13.2 Å². The van der Waals surface area contributed by atoms with Crippen LogP contribution in [-0.4, -0.2) is 11.3 Å². The van der Waals surface area contributed by atoms with Gasteiger partial charge in [-0.3, -0.25) is 0 Å². The minimum absolute atomic E-state index is 0.0234. The maximum atomic E-state index is 12.0. The van der Waals surface area contributed by atoms with Gasteiger partial charge in [0.25, 0.3) is 0 Å². The van der Waals surface area contributed by atoms with Crippen molar-refractivity contribution in [3.63, 3.8) is 0 Å². The maximum Gasteiger partial charge on any atom is 0.573 e. The predicted molar refractivity (Wildman–Crippen MR) is 56.1 cm³/mol. The van der Waals surface area contributed by atoms with Crippen molar-refractivity contribution in [1.29, 1.82) is 5.26 Å². The summed E-state index contributed by atoms with van der Waals surface area (Å²) in [6, 6.07) is 1.61. The second-order valence-electron chi connectivity index (χ2n) is 2.26. The summed E-state index contributed by atoms with van der Waals surface area (Å²) in [6.45, 7) is 0. The molecule has 0 atom stereocenters. The third-order valence-corrected chi connectivity index (χ3v) is 2.64. The van der Waals surface area contributed by atoms with Crippen LogP contribution in [0.3, 0.4) is 0 Å². The van der Waals surface area contributed by atoms with Gasteiger partial charge in [0.2, 0.25) is 0 Å². The van der Waals surface area contributed by atoms with Gasteiger partial charge < -0.3 is 4.74 Å². The fourth-order valence-electron chi connectivity index (χ4n) is 0.761. The third kappa shape index (κ3) is 3.20. The second kappa shape index (κ2) is 4.52. The zero-order valence-corrected chi connectivity index (χ0v) is 10.5. The molecule has 15 heavy (non-hydrogen) atoms. The molecule has 1 aromatic rings. The highest BCUT2D eigenvalue weighted by molar-refractivity contribution is 14.1. The van der Waals surface area contributed by atoms with E-state index in [0.717, 1.165) is 0 Å². The van der Waals surface area contributed by atoms with Gasteiger partial charge in [-0.1, -0.05) is 0 Å². The summed E-state index contributed by atoms with van der Waals surface area (Å²) in [5.74, 6) is -0.583. The molecule has 8 heteroatoms. The molecular weight excluding hydrogens is 392 g/mol. The molecule has 0 amide bonds. The van der Waals surface area contributed by atoms with Gasteiger partial charge in [-0.15, -0.1) is 13.2 Å². The molecule has 0 fully saturated rings. The number of alkyl halides is 3. The lowest BCUT2D eigenvalue weighted by molar-refractivity contribution is -0.275. The largest absolute Gasteiger partial charge is 0.573 e. The van der Waals surface area contributed by atoms with Crippen LogP contribution in [0.1, 0.15) is 5.56 Å². The molecule has 0 bridgehead atoms. The molecule has 0 radical (unpaired) electrons. The van der Waals surface area contributed by atoms with Crippen LogP contribution in [0.15, 0.2) is 10.7 Å². The van der Waals surface area contributed by atoms with E-state index in [0.29, 0.717) is 0 Å². The van der Waals surface area contributed by atoms with E-state index in [1.807, 2.05) is 0 Å². The Bertz CT molecular complexity index is 429. The molecule has 0 aliphatic heterocycles. The topological polar surface area (TPSA) is 45.9 Å². The van der Waals surface area contributed by atoms with Crippen LogP contribution in [0.5, 0.6) is 5.75 Å². The molecule has 0 spiro atoms. The summed E-state index contributed by atoms with van der Waals surface area (Å²) >= 11 is 4.47. The number of nitrogens with zero attached hydrogens (tertiary/aromatic N) is 2. The van der Waals surface area contributed by atoms with Crippen molar-refractivity contribution in [2.24, 2.45) is 0 Å². The van der Waals surface area contributed by atoms with E-state index >= 15 is 0 Å². The fraction of sp³-hybridized carbons (Fsp3) is 0.143. The van der Waals surface area contributed by atoms with Gasteiger partial charge in [-0.05, 0) is 38.5 Å². The van der Waals surface area contributed by atoms with E-state index in [-0.39, 0.29) is 13.7 Å². The van der Waals surface area contributed by atoms with Crippen molar-refractivity contribution in [3.05, 3.63) is 19.9 Å². The highest BCUT2D eigenvalue weighted by atomic mass is 127. The van der Waals surface area contributed by atoms with Gasteiger partial charge in [0.1, 0.15) is 15.3 Å². The Morgan fingerprint density at radius 3 is 2.60 bits per heavy atom. The lowest BCUT2D eigenvalue weighted by atomic mass is 10.3. The average Bonchev–Trinajstić information content (AvgIpc) is 2.10. The molecule has 1 rings (SSSR count). The van der Waals surface area contributed by atoms with Gasteiger partial charge in [0.05, 0.1) is 4.47 Å². The Morgan fingerprint density at radius 1 is 1.53 bits per heavy atom. The lowest BCUT2D eigenvalue weighted by Crippen LogP contribution is -2.19. The van der Waals surface area contributed by atoms with Gasteiger partial charge in [-0.2, -0.15) is 5.26 Å². The van der Waals surface area contributed by atoms with E-state index in [2.05, 4.69) is 25.7 Å². The van der Waals surface area contributed by atoms with Crippen molar-refractivity contribution in [2.75, 3.05) is 0 Å². The summed E-state index contributed by atoms with van der Waals surface area (Å²) in [5, 5.41) is 8.66. The minimum atomic E-state index is -4.84. The SMILES string of the molecule is N#Cc1c(Br)cnc(I)c1OC(F)(F)F. The molecule has 0 saturated heterocycles. The number of aromatic nitrogens is 1. The lowest BCUT2D eigenvalue weighted by Gasteiger charge is -2.11. The first kappa shape index (κ1) is 12.5. The molecule has 0 saturated carbocycles. The fourth-order valence-corrected chi connectivity index (χ4v) is 1.65. The number of hydrogen-bond acceptors (Lipinski definition) is 3. The Balaban J connectivity index is 3.28. The Labute approximate surface area is 105 Å². The number of halogens is 5. The molecule has 3 nitrogen and oxygen atoms in total. The smallest absolute Gasteiger partial charge is 0.401 e. The van der Waals surface area contributed by atoms with Gasteiger partial charge in [0.15, 0.2) is 5.75 Å². The molecule has 80 valence electrons. The normalized spacial score (nSPS) is 10.9. The first-order valence-corrected chi connectivity index (χ1v) is 5.22. The van der Waals surface area contributed by atoms with E-state index in [4.69, 9.17) is 5.26 Å². The zero-order valence-electron chi connectivity index (χ0n) is 6.77. The maximum absolute atomic E-state index is 12.0. The number of pyridine rings is 1. The van der Waals surface area contributed by atoms with Gasteiger partial charge in [-0.25, -0.2) is 4.98 Å². The second-order valence-corrected chi connectivity index (χ2v) is 4.14. The standard InChI is InChI=1S/C7HBrF3IN2O/c8-4-2-14-6(12)5(3(4)1-13)15-7(9,10)11/h2H. The van der Waals surface area contributed by atoms with E-state index in [1.54, 1.807) is 28.7 Å². The van der Waals surface area contributed by atoms with Crippen molar-refractivity contribution in [2.45, 2.75) is 6.36 Å². The first-order chi connectivity index (χ1) is 6.85. The highest BCUT2D eigenvalue weighted by Crippen LogP contribution is 2.33. The van der Waals surface area contributed by atoms with Crippen LogP contribution in [0, 0.1) is 15.0 Å². The average molecular weight is 393 g/mol. The van der Waals surface area contributed by atoms with Crippen LogP contribution >= 0.6 is 38.5 Å². The van der Waals surface area contributed by atoms with Crippen LogP contribution in [-0.2, 0) is 0 Å². The van der Waals surface area contributed by atoms with Crippen molar-refractivity contribution >= 4 is 38.5 Å². The summed E-state index contributed by atoms with van der Waals surface area (Å²) in [6.07, 6.45) is -3.60. The van der Waals surface area contributed by atoms with E-state index in [1.165, 1.54) is 6.20 Å². The van der Waals surface area contributed by atoms with Crippen LogP contribution < -0.4 is 4.74 Å². The van der Waals surface area contributed by atoms with Crippen LogP contribution in [0.25, 0.3) is 0 Å². The van der Waals surface area contributed by atoms with Gasteiger partial charge >= 0.3 is 6.36 Å². The molecule has 0 unspecified atom stereocenters. The van der Waals surface area contributed by atoms with E-state index < -0.39 is 12.1 Å². The molecule has 0 N–H and O–H groups in total.